The van der Waals surface area contributed by atoms with Gasteiger partial charge in [0.2, 0.25) is 0 Å². The minimum absolute atomic E-state index is 0.0310. The number of nitrogens with one attached hydrogen (secondary N) is 1. The van der Waals surface area contributed by atoms with Crippen molar-refractivity contribution >= 4 is 21.7 Å². The van der Waals surface area contributed by atoms with Crippen LogP contribution in [0.2, 0.25) is 0 Å². The van der Waals surface area contributed by atoms with Crippen LogP contribution in [0.1, 0.15) is 30.9 Å². The van der Waals surface area contributed by atoms with Crippen LogP contribution in [0.5, 0.6) is 5.75 Å². The van der Waals surface area contributed by atoms with E-state index < -0.39 is 27.7 Å². The number of hydrogen-bond donors (Lipinski definition) is 1. The lowest BCUT2D eigenvalue weighted by molar-refractivity contribution is -0.137. The van der Waals surface area contributed by atoms with E-state index in [1.54, 1.807) is 30.2 Å². The van der Waals surface area contributed by atoms with Gasteiger partial charge in [0.1, 0.15) is 11.9 Å². The number of benzene rings is 1. The van der Waals surface area contributed by atoms with E-state index in [1.165, 1.54) is 4.68 Å². The van der Waals surface area contributed by atoms with E-state index in [0.29, 0.717) is 43.3 Å². The molecule has 1 aromatic carbocycles. The molecule has 1 aromatic heterocycles. The maximum absolute atomic E-state index is 13.6. The van der Waals surface area contributed by atoms with Crippen molar-refractivity contribution in [3.8, 4) is 5.75 Å². The quantitative estimate of drug-likeness (QED) is 0.597. The number of carbonyl (C=O) groups excluding carboxylic acids is 1. The number of ether oxygens (including phenoxy) is 1. The summed E-state index contributed by atoms with van der Waals surface area (Å²) in [6, 6.07) is 5.04. The van der Waals surface area contributed by atoms with Crippen molar-refractivity contribution in [3.05, 3.63) is 53.9 Å². The van der Waals surface area contributed by atoms with Gasteiger partial charge >= 0.3 is 12.2 Å². The van der Waals surface area contributed by atoms with Gasteiger partial charge in [-0.25, -0.2) is 13.2 Å². The van der Waals surface area contributed by atoms with Gasteiger partial charge in [-0.05, 0) is 43.5 Å². The molecular formula is C24H30F3N5O4S. The fourth-order valence-corrected chi connectivity index (χ4v) is 5.83. The third-order valence-corrected chi connectivity index (χ3v) is 7.99. The van der Waals surface area contributed by atoms with Crippen LogP contribution < -0.4 is 10.1 Å². The molecule has 0 spiro atoms. The number of sulfone groups is 1. The Kier molecular flexibility index (Phi) is 7.83. The van der Waals surface area contributed by atoms with Gasteiger partial charge in [0.25, 0.3) is 0 Å². The summed E-state index contributed by atoms with van der Waals surface area (Å²) in [5.41, 5.74) is 0.326. The van der Waals surface area contributed by atoms with Gasteiger partial charge < -0.3 is 15.0 Å². The highest BCUT2D eigenvalue weighted by molar-refractivity contribution is 7.91. The standard InChI is InChI=1S/C24H30F3N5O4S/c1-17(2)28-22-3-6-32(29-22)23(33)31-9-7-30(8-10-31)16-18-13-19(24(25,26)27)15-21(14-18)36-20-4-11-37(34,35)12-5-20/h3,6,13-15,20H,1,4-5,7-12,16H2,2H3,(H,28,29). The predicted octanol–water partition coefficient (Wildman–Crippen LogP) is 3.59. The predicted molar refractivity (Wildman–Crippen MR) is 132 cm³/mol. The van der Waals surface area contributed by atoms with Crippen molar-refractivity contribution < 1.29 is 31.1 Å². The summed E-state index contributed by atoms with van der Waals surface area (Å²) in [4.78, 5) is 16.4. The van der Waals surface area contributed by atoms with Crippen LogP contribution in [0.3, 0.4) is 0 Å². The van der Waals surface area contributed by atoms with E-state index in [-0.39, 0.29) is 42.7 Å². The highest BCUT2D eigenvalue weighted by Gasteiger charge is 2.33. The maximum Gasteiger partial charge on any atom is 0.416 e. The molecule has 4 rings (SSSR count). The molecule has 37 heavy (non-hydrogen) atoms. The molecular weight excluding hydrogens is 511 g/mol. The zero-order valence-corrected chi connectivity index (χ0v) is 21.3. The fraction of sp³-hybridized carbons (Fsp3) is 0.500. The molecule has 0 bridgehead atoms. The molecule has 1 amide bonds. The summed E-state index contributed by atoms with van der Waals surface area (Å²) in [5, 5.41) is 7.14. The Balaban J connectivity index is 1.38. The van der Waals surface area contributed by atoms with E-state index in [2.05, 4.69) is 17.0 Å². The number of rotatable bonds is 6. The highest BCUT2D eigenvalue weighted by Crippen LogP contribution is 2.34. The Hall–Kier alpha value is -3.06. The summed E-state index contributed by atoms with van der Waals surface area (Å²) >= 11 is 0. The lowest BCUT2D eigenvalue weighted by atomic mass is 10.1. The first-order valence-corrected chi connectivity index (χ1v) is 13.8. The second kappa shape index (κ2) is 10.7. The van der Waals surface area contributed by atoms with Crippen LogP contribution in [0.4, 0.5) is 23.8 Å². The molecule has 9 nitrogen and oxygen atoms in total. The number of allylic oxidation sites excluding steroid dienone is 1. The summed E-state index contributed by atoms with van der Waals surface area (Å²) in [6.07, 6.45) is -2.92. The van der Waals surface area contributed by atoms with Gasteiger partial charge in [-0.1, -0.05) is 6.58 Å². The molecule has 2 saturated heterocycles. The first-order valence-electron chi connectivity index (χ1n) is 12.0. The third-order valence-electron chi connectivity index (χ3n) is 6.27. The molecule has 2 aliphatic heterocycles. The van der Waals surface area contributed by atoms with Crippen LogP contribution in [0, 0.1) is 0 Å². The summed E-state index contributed by atoms with van der Waals surface area (Å²) < 4.78 is 71.0. The Morgan fingerprint density at radius 2 is 1.84 bits per heavy atom. The molecule has 0 atom stereocenters. The van der Waals surface area contributed by atoms with E-state index in [0.717, 1.165) is 12.1 Å². The minimum atomic E-state index is -4.54. The second-order valence-corrected chi connectivity index (χ2v) is 11.7. The number of piperazine rings is 1. The van der Waals surface area contributed by atoms with Crippen molar-refractivity contribution in [3.63, 3.8) is 0 Å². The van der Waals surface area contributed by atoms with Crippen molar-refractivity contribution in [2.24, 2.45) is 0 Å². The lowest BCUT2D eigenvalue weighted by Crippen LogP contribution is -2.49. The number of alkyl halides is 3. The van der Waals surface area contributed by atoms with Crippen molar-refractivity contribution in [2.45, 2.75) is 38.6 Å². The topological polar surface area (TPSA) is 96.8 Å². The highest BCUT2D eigenvalue weighted by atomic mass is 32.2. The van der Waals surface area contributed by atoms with Crippen LogP contribution in [-0.4, -0.2) is 77.8 Å². The SMILES string of the molecule is C=C(C)Nc1ccn(C(=O)N2CCN(Cc3cc(OC4CCS(=O)(=O)CC4)cc(C(F)(F)F)c3)CC2)n1. The molecule has 2 aromatic rings. The Bertz CT molecular complexity index is 1240. The number of carbonyl (C=O) groups is 1. The first kappa shape index (κ1) is 27.0. The summed E-state index contributed by atoms with van der Waals surface area (Å²) in [6.45, 7) is 7.55. The van der Waals surface area contributed by atoms with E-state index >= 15 is 0 Å². The smallest absolute Gasteiger partial charge is 0.416 e. The van der Waals surface area contributed by atoms with Gasteiger partial charge in [-0.15, -0.1) is 5.10 Å². The number of aromatic nitrogens is 2. The monoisotopic (exact) mass is 541 g/mol. The van der Waals surface area contributed by atoms with E-state index in [9.17, 15) is 26.4 Å². The normalized spacial score (nSPS) is 19.0. The molecule has 0 saturated carbocycles. The van der Waals surface area contributed by atoms with Crippen molar-refractivity contribution in [1.82, 2.24) is 19.6 Å². The van der Waals surface area contributed by atoms with E-state index in [1.807, 2.05) is 4.90 Å². The van der Waals surface area contributed by atoms with Gasteiger partial charge in [0.15, 0.2) is 15.7 Å². The van der Waals surface area contributed by atoms with Gasteiger partial charge in [0.05, 0.1) is 17.1 Å². The van der Waals surface area contributed by atoms with Crippen LogP contribution in [-0.2, 0) is 22.6 Å². The lowest BCUT2D eigenvalue weighted by Gasteiger charge is -2.34. The molecule has 2 fully saturated rings. The molecule has 0 radical (unpaired) electrons. The zero-order valence-electron chi connectivity index (χ0n) is 20.5. The maximum atomic E-state index is 13.6. The largest absolute Gasteiger partial charge is 0.490 e. The number of hydrogen-bond acceptors (Lipinski definition) is 7. The molecule has 0 aliphatic carbocycles. The average Bonchev–Trinajstić information content (AvgIpc) is 3.27. The van der Waals surface area contributed by atoms with Crippen LogP contribution in [0.25, 0.3) is 0 Å². The number of halogens is 3. The summed E-state index contributed by atoms with van der Waals surface area (Å²) in [7, 11) is -3.11. The molecule has 202 valence electrons. The zero-order chi connectivity index (χ0) is 26.8. The van der Waals surface area contributed by atoms with Gasteiger partial charge in [-0.2, -0.15) is 17.9 Å². The van der Waals surface area contributed by atoms with Crippen LogP contribution >= 0.6 is 0 Å². The fourth-order valence-electron chi connectivity index (χ4n) is 4.38. The van der Waals surface area contributed by atoms with Crippen molar-refractivity contribution in [2.75, 3.05) is 43.0 Å². The first-order chi connectivity index (χ1) is 17.4. The molecule has 0 unspecified atom stereocenters. The second-order valence-electron chi connectivity index (χ2n) is 9.43. The number of amides is 1. The number of anilines is 1. The third kappa shape index (κ3) is 7.25. The summed E-state index contributed by atoms with van der Waals surface area (Å²) in [5.74, 6) is 0.533. The van der Waals surface area contributed by atoms with Gasteiger partial charge in [0, 0.05) is 50.7 Å². The number of nitrogens with zero attached hydrogens (tertiary/aromatic N) is 4. The molecule has 1 N–H and O–H groups in total. The minimum Gasteiger partial charge on any atom is -0.490 e. The van der Waals surface area contributed by atoms with Crippen molar-refractivity contribution in [1.29, 1.82) is 0 Å². The van der Waals surface area contributed by atoms with E-state index in [4.69, 9.17) is 4.74 Å². The average molecular weight is 542 g/mol. The van der Waals surface area contributed by atoms with Crippen LogP contribution in [0.15, 0.2) is 42.7 Å². The van der Waals surface area contributed by atoms with Gasteiger partial charge in [-0.3, -0.25) is 4.90 Å². The Morgan fingerprint density at radius 1 is 1.16 bits per heavy atom. The molecule has 2 aliphatic rings. The Morgan fingerprint density at radius 3 is 2.46 bits per heavy atom. The Labute approximate surface area is 213 Å². The molecule has 3 heterocycles. The molecule has 13 heteroatoms.